The van der Waals surface area contributed by atoms with E-state index in [0.717, 1.165) is 37.1 Å². The summed E-state index contributed by atoms with van der Waals surface area (Å²) in [4.78, 5) is 16.9. The van der Waals surface area contributed by atoms with E-state index in [0.29, 0.717) is 30.4 Å². The number of carboxylic acid groups (broad SMARTS) is 1. The second-order valence-electron chi connectivity index (χ2n) is 11.6. The summed E-state index contributed by atoms with van der Waals surface area (Å²) in [5.41, 5.74) is 3.71. The lowest BCUT2D eigenvalue weighted by Crippen LogP contribution is -2.53. The summed E-state index contributed by atoms with van der Waals surface area (Å²) in [6.45, 7) is 0.576. The summed E-state index contributed by atoms with van der Waals surface area (Å²) in [7, 11) is 0. The Balaban J connectivity index is 1.28. The van der Waals surface area contributed by atoms with Crippen LogP contribution in [0.25, 0.3) is 0 Å². The van der Waals surface area contributed by atoms with E-state index in [9.17, 15) is 9.90 Å². The number of hydrogen-bond acceptors (Lipinski definition) is 4. The van der Waals surface area contributed by atoms with Crippen molar-refractivity contribution in [1.82, 2.24) is 4.98 Å². The summed E-state index contributed by atoms with van der Waals surface area (Å²) >= 11 is 6.22. The number of ether oxygens (including phenoxy) is 1. The number of nitrogens with one attached hydrogen (secondary N) is 1. The zero-order valence-electron chi connectivity index (χ0n) is 23.0. The van der Waals surface area contributed by atoms with Gasteiger partial charge in [-0.3, -0.25) is 4.98 Å². The Kier molecular flexibility index (Phi) is 7.72. The molecule has 1 aromatic heterocycles. The Morgan fingerprint density at radius 1 is 0.951 bits per heavy atom. The minimum atomic E-state index is -1.03. The van der Waals surface area contributed by atoms with Crippen LogP contribution >= 0.6 is 11.6 Å². The second kappa shape index (κ2) is 11.6. The van der Waals surface area contributed by atoms with E-state index < -0.39 is 11.5 Å². The number of pyridine rings is 1. The number of halogens is 1. The number of carboxylic acids is 1. The van der Waals surface area contributed by atoms with Crippen LogP contribution in [0.3, 0.4) is 0 Å². The van der Waals surface area contributed by atoms with E-state index in [-0.39, 0.29) is 11.3 Å². The van der Waals surface area contributed by atoms with Crippen molar-refractivity contribution < 1.29 is 14.6 Å². The van der Waals surface area contributed by atoms with Gasteiger partial charge < -0.3 is 15.2 Å². The van der Waals surface area contributed by atoms with Crippen molar-refractivity contribution in [2.45, 2.75) is 55.4 Å². The van der Waals surface area contributed by atoms with Crippen molar-refractivity contribution in [2.75, 3.05) is 11.9 Å². The molecule has 1 spiro atoms. The van der Waals surface area contributed by atoms with Crippen molar-refractivity contribution in [1.29, 1.82) is 0 Å². The van der Waals surface area contributed by atoms with Gasteiger partial charge in [0.1, 0.15) is 11.3 Å². The molecule has 6 rings (SSSR count). The third-order valence-electron chi connectivity index (χ3n) is 9.36. The Bertz CT molecular complexity index is 1490. The molecule has 41 heavy (non-hydrogen) atoms. The standard InChI is InChI=1S/C35H35ClN2O3/c36-29-10-6-11-30(23-29)38-35(33(39)40)17-15-34(16-18-35)28(21-26-9-4-5-12-32(26)34)22-27(25-7-2-1-3-8-25)24-41-31-13-19-37-20-14-31/h1-14,19-20,23,27-28,38H,15-18,21-22,24H2,(H,39,40)/t27-,28-,34?,35?/m1/s1. The van der Waals surface area contributed by atoms with Crippen molar-refractivity contribution in [3.8, 4) is 5.75 Å². The number of aromatic nitrogens is 1. The fraction of sp³-hybridized carbons (Fsp3) is 0.314. The van der Waals surface area contributed by atoms with E-state index in [2.05, 4.69) is 64.9 Å². The average molecular weight is 567 g/mol. The lowest BCUT2D eigenvalue weighted by atomic mass is 9.59. The monoisotopic (exact) mass is 566 g/mol. The summed E-state index contributed by atoms with van der Waals surface area (Å²) in [5, 5.41) is 14.4. The van der Waals surface area contributed by atoms with Crippen LogP contribution in [0.5, 0.6) is 5.75 Å². The molecule has 0 radical (unpaired) electrons. The minimum absolute atomic E-state index is 0.0742. The first-order valence-corrected chi connectivity index (χ1v) is 14.8. The number of aliphatic carboxylic acids is 1. The van der Waals surface area contributed by atoms with Gasteiger partial charge in [0, 0.05) is 29.0 Å². The molecule has 0 saturated heterocycles. The van der Waals surface area contributed by atoms with Crippen LogP contribution in [0, 0.1) is 5.92 Å². The molecule has 6 heteroatoms. The predicted octanol–water partition coefficient (Wildman–Crippen LogP) is 7.91. The lowest BCUT2D eigenvalue weighted by Gasteiger charge is -2.47. The molecule has 1 fully saturated rings. The quantitative estimate of drug-likeness (QED) is 0.215. The fourth-order valence-electron chi connectivity index (χ4n) is 7.21. The third-order valence-corrected chi connectivity index (χ3v) is 9.59. The van der Waals surface area contributed by atoms with Gasteiger partial charge in [-0.25, -0.2) is 4.79 Å². The van der Waals surface area contributed by atoms with Crippen LogP contribution in [0.15, 0.2) is 103 Å². The van der Waals surface area contributed by atoms with Gasteiger partial charge in [0.15, 0.2) is 0 Å². The number of hydrogen-bond donors (Lipinski definition) is 2. The molecule has 0 unspecified atom stereocenters. The largest absolute Gasteiger partial charge is 0.493 e. The van der Waals surface area contributed by atoms with E-state index in [1.807, 2.05) is 24.3 Å². The van der Waals surface area contributed by atoms with Gasteiger partial charge in [-0.15, -0.1) is 0 Å². The number of rotatable bonds is 9. The normalized spacial score (nSPS) is 24.0. The molecule has 0 amide bonds. The van der Waals surface area contributed by atoms with Gasteiger partial charge >= 0.3 is 5.97 Å². The number of nitrogens with zero attached hydrogens (tertiary/aromatic N) is 1. The first-order valence-electron chi connectivity index (χ1n) is 14.4. The number of carbonyl (C=O) groups is 1. The molecule has 2 N–H and O–H groups in total. The van der Waals surface area contributed by atoms with Gasteiger partial charge in [-0.05, 0) is 96.9 Å². The Hall–Kier alpha value is -3.83. The van der Waals surface area contributed by atoms with E-state index in [4.69, 9.17) is 16.3 Å². The summed E-state index contributed by atoms with van der Waals surface area (Å²) < 4.78 is 6.29. The highest BCUT2D eigenvalue weighted by atomic mass is 35.5. The van der Waals surface area contributed by atoms with Gasteiger partial charge in [0.25, 0.3) is 0 Å². The van der Waals surface area contributed by atoms with Gasteiger partial charge in [-0.1, -0.05) is 72.3 Å². The molecule has 4 aromatic rings. The SMILES string of the molecule is O=C(O)C1(Nc2cccc(Cl)c2)CCC2(CC1)c1ccccc1C[C@@H]2C[C@H](COc1ccncc1)c1ccccc1. The first kappa shape index (κ1) is 27.3. The van der Waals surface area contributed by atoms with Crippen molar-refractivity contribution in [3.05, 3.63) is 125 Å². The van der Waals surface area contributed by atoms with Crippen molar-refractivity contribution in [3.63, 3.8) is 0 Å². The Morgan fingerprint density at radius 2 is 1.68 bits per heavy atom. The molecule has 5 nitrogen and oxygen atoms in total. The average Bonchev–Trinajstić information content (AvgIpc) is 3.30. The van der Waals surface area contributed by atoms with Crippen LogP contribution in [-0.4, -0.2) is 28.2 Å². The highest BCUT2D eigenvalue weighted by Gasteiger charge is 2.54. The molecule has 210 valence electrons. The van der Waals surface area contributed by atoms with Crippen LogP contribution in [0.1, 0.15) is 54.7 Å². The molecule has 2 aliphatic rings. The zero-order chi connectivity index (χ0) is 28.3. The maximum absolute atomic E-state index is 12.8. The van der Waals surface area contributed by atoms with E-state index in [1.54, 1.807) is 24.5 Å². The molecule has 1 saturated carbocycles. The minimum Gasteiger partial charge on any atom is -0.493 e. The van der Waals surface area contributed by atoms with Crippen molar-refractivity contribution in [2.24, 2.45) is 5.92 Å². The smallest absolute Gasteiger partial charge is 0.329 e. The molecular weight excluding hydrogens is 532 g/mol. The summed E-state index contributed by atoms with van der Waals surface area (Å²) in [6.07, 6.45) is 8.17. The molecule has 1 heterocycles. The Morgan fingerprint density at radius 3 is 2.41 bits per heavy atom. The fourth-order valence-corrected chi connectivity index (χ4v) is 7.40. The molecular formula is C35H35ClN2O3. The number of fused-ring (bicyclic) bond motifs is 2. The van der Waals surface area contributed by atoms with Crippen LogP contribution in [0.2, 0.25) is 5.02 Å². The van der Waals surface area contributed by atoms with Crippen molar-refractivity contribution >= 4 is 23.3 Å². The van der Waals surface area contributed by atoms with Crippen LogP contribution in [-0.2, 0) is 16.6 Å². The van der Waals surface area contributed by atoms with Gasteiger partial charge in [0.05, 0.1) is 6.61 Å². The second-order valence-corrected chi connectivity index (χ2v) is 12.0. The highest BCUT2D eigenvalue weighted by Crippen LogP contribution is 2.56. The predicted molar refractivity (Wildman–Crippen MR) is 163 cm³/mol. The molecule has 0 bridgehead atoms. The molecule has 3 aromatic carbocycles. The van der Waals surface area contributed by atoms with Gasteiger partial charge in [0.2, 0.25) is 0 Å². The summed E-state index contributed by atoms with van der Waals surface area (Å²) in [5.74, 6) is 0.602. The van der Waals surface area contributed by atoms with Crippen LogP contribution < -0.4 is 10.1 Å². The van der Waals surface area contributed by atoms with Gasteiger partial charge in [-0.2, -0.15) is 0 Å². The Labute approximate surface area is 246 Å². The van der Waals surface area contributed by atoms with Crippen LogP contribution in [0.4, 0.5) is 5.69 Å². The van der Waals surface area contributed by atoms with E-state index in [1.165, 1.54) is 16.7 Å². The maximum atomic E-state index is 12.8. The molecule has 2 atom stereocenters. The highest BCUT2D eigenvalue weighted by molar-refractivity contribution is 6.30. The topological polar surface area (TPSA) is 71.5 Å². The lowest BCUT2D eigenvalue weighted by molar-refractivity contribution is -0.144. The number of benzene rings is 3. The maximum Gasteiger partial charge on any atom is 0.329 e. The summed E-state index contributed by atoms with van der Waals surface area (Å²) in [6, 6.07) is 30.6. The zero-order valence-corrected chi connectivity index (χ0v) is 23.8. The van der Waals surface area contributed by atoms with E-state index >= 15 is 0 Å². The molecule has 0 aliphatic heterocycles. The first-order chi connectivity index (χ1) is 20.0. The molecule has 2 aliphatic carbocycles. The number of anilines is 1. The third kappa shape index (κ3) is 5.56.